The van der Waals surface area contributed by atoms with Gasteiger partial charge in [0.2, 0.25) is 0 Å². The van der Waals surface area contributed by atoms with Crippen molar-refractivity contribution in [2.45, 2.75) is 6.54 Å². The molecule has 0 radical (unpaired) electrons. The maximum Gasteiger partial charge on any atom is 0.251 e. The fraction of sp³-hybridized carbons (Fsp3) is 0.0833. The lowest BCUT2D eigenvalue weighted by atomic mass is 10.2. The molecular weight excluding hydrogens is 341 g/mol. The van der Waals surface area contributed by atoms with Crippen LogP contribution in [0, 0.1) is 5.82 Å². The Morgan fingerprint density at radius 3 is 2.83 bits per heavy atom. The van der Waals surface area contributed by atoms with Crippen molar-refractivity contribution in [1.29, 1.82) is 0 Å². The molecule has 2 nitrogen and oxygen atoms in total. The number of rotatable bonds is 3. The Morgan fingerprint density at radius 2 is 2.22 bits per heavy atom. The zero-order valence-electron chi connectivity index (χ0n) is 9.04. The third-order valence-corrected chi connectivity index (χ3v) is 4.21. The predicted octanol–water partition coefficient (Wildman–Crippen LogP) is 4.23. The van der Waals surface area contributed by atoms with Crippen LogP contribution in [0.25, 0.3) is 0 Å². The quantitative estimate of drug-likeness (QED) is 0.883. The van der Waals surface area contributed by atoms with E-state index in [1.807, 2.05) is 11.4 Å². The minimum absolute atomic E-state index is 0.0541. The summed E-state index contributed by atoms with van der Waals surface area (Å²) in [4.78, 5) is 12.8. The van der Waals surface area contributed by atoms with E-state index < -0.39 is 5.82 Å². The highest BCUT2D eigenvalue weighted by Crippen LogP contribution is 2.20. The van der Waals surface area contributed by atoms with Crippen LogP contribution in [0.15, 0.2) is 34.1 Å². The average Bonchev–Trinajstić information content (AvgIpc) is 2.75. The second kappa shape index (κ2) is 5.82. The molecule has 1 aromatic carbocycles. The molecule has 0 fully saturated rings. The highest BCUT2D eigenvalue weighted by atomic mass is 79.9. The van der Waals surface area contributed by atoms with Gasteiger partial charge >= 0.3 is 0 Å². The summed E-state index contributed by atoms with van der Waals surface area (Å²) in [5, 5.41) is 4.63. The van der Waals surface area contributed by atoms with Gasteiger partial charge in [0.25, 0.3) is 5.91 Å². The molecule has 0 aliphatic heterocycles. The summed E-state index contributed by atoms with van der Waals surface area (Å²) in [5.41, 5.74) is 0.344. The first-order chi connectivity index (χ1) is 8.56. The zero-order valence-corrected chi connectivity index (χ0v) is 12.2. The number of hydrogen-bond acceptors (Lipinski definition) is 2. The number of thiophene rings is 1. The van der Waals surface area contributed by atoms with Gasteiger partial charge in [0.15, 0.2) is 0 Å². The molecule has 0 atom stereocenters. The topological polar surface area (TPSA) is 29.1 Å². The van der Waals surface area contributed by atoms with Crippen LogP contribution in [0.2, 0.25) is 5.02 Å². The molecule has 0 saturated heterocycles. The predicted molar refractivity (Wildman–Crippen MR) is 74.6 cm³/mol. The number of halogens is 3. The fourth-order valence-corrected chi connectivity index (χ4v) is 2.92. The van der Waals surface area contributed by atoms with E-state index in [4.69, 9.17) is 11.6 Å². The highest BCUT2D eigenvalue weighted by Gasteiger charge is 2.08. The van der Waals surface area contributed by atoms with E-state index >= 15 is 0 Å². The van der Waals surface area contributed by atoms with Gasteiger partial charge in [-0.05, 0) is 40.2 Å². The van der Waals surface area contributed by atoms with Crippen molar-refractivity contribution in [3.05, 3.63) is 55.4 Å². The smallest absolute Gasteiger partial charge is 0.251 e. The molecular formula is C12H8BrClFNOS. The normalized spacial score (nSPS) is 10.4. The van der Waals surface area contributed by atoms with E-state index in [-0.39, 0.29) is 10.9 Å². The lowest BCUT2D eigenvalue weighted by Gasteiger charge is -2.04. The third kappa shape index (κ3) is 3.31. The Kier molecular flexibility index (Phi) is 4.37. The first-order valence-electron chi connectivity index (χ1n) is 5.02. The molecule has 1 amide bonds. The second-order valence-corrected chi connectivity index (χ2v) is 5.86. The van der Waals surface area contributed by atoms with Crippen molar-refractivity contribution in [3.63, 3.8) is 0 Å². The Morgan fingerprint density at radius 1 is 1.44 bits per heavy atom. The van der Waals surface area contributed by atoms with Crippen LogP contribution in [-0.2, 0) is 6.54 Å². The van der Waals surface area contributed by atoms with Crippen LogP contribution in [0.3, 0.4) is 0 Å². The van der Waals surface area contributed by atoms with E-state index in [2.05, 4.69) is 21.2 Å². The summed E-state index contributed by atoms with van der Waals surface area (Å²) in [7, 11) is 0. The monoisotopic (exact) mass is 347 g/mol. The van der Waals surface area contributed by atoms with Crippen LogP contribution in [0.5, 0.6) is 0 Å². The number of hydrogen-bond donors (Lipinski definition) is 1. The van der Waals surface area contributed by atoms with Crippen LogP contribution >= 0.6 is 38.9 Å². The molecule has 0 unspecified atom stereocenters. The number of amides is 1. The van der Waals surface area contributed by atoms with Gasteiger partial charge in [-0.2, -0.15) is 0 Å². The molecule has 1 aromatic heterocycles. The van der Waals surface area contributed by atoms with Gasteiger partial charge in [-0.15, -0.1) is 11.3 Å². The summed E-state index contributed by atoms with van der Waals surface area (Å²) < 4.78 is 13.9. The van der Waals surface area contributed by atoms with E-state index in [0.717, 1.165) is 9.35 Å². The molecule has 0 aliphatic rings. The molecule has 0 saturated carbocycles. The third-order valence-electron chi connectivity index (χ3n) is 2.23. The van der Waals surface area contributed by atoms with Crippen molar-refractivity contribution in [1.82, 2.24) is 5.32 Å². The van der Waals surface area contributed by atoms with Gasteiger partial charge in [0.1, 0.15) is 5.82 Å². The summed E-state index contributed by atoms with van der Waals surface area (Å²) >= 11 is 10.5. The summed E-state index contributed by atoms with van der Waals surface area (Å²) in [5.74, 6) is -0.808. The van der Waals surface area contributed by atoms with Gasteiger partial charge in [0.05, 0.1) is 11.6 Å². The number of benzene rings is 1. The molecule has 1 heterocycles. The number of nitrogens with one attached hydrogen (secondary N) is 1. The average molecular weight is 349 g/mol. The molecule has 6 heteroatoms. The maximum absolute atomic E-state index is 12.9. The van der Waals surface area contributed by atoms with Crippen LogP contribution in [0.4, 0.5) is 4.39 Å². The highest BCUT2D eigenvalue weighted by molar-refractivity contribution is 9.10. The lowest BCUT2D eigenvalue weighted by Crippen LogP contribution is -2.22. The van der Waals surface area contributed by atoms with Crippen molar-refractivity contribution >= 4 is 44.8 Å². The van der Waals surface area contributed by atoms with Crippen molar-refractivity contribution < 1.29 is 9.18 Å². The molecule has 0 bridgehead atoms. The van der Waals surface area contributed by atoms with Gasteiger partial charge in [-0.25, -0.2) is 4.39 Å². The van der Waals surface area contributed by atoms with E-state index in [0.29, 0.717) is 12.1 Å². The van der Waals surface area contributed by atoms with Crippen LogP contribution in [0.1, 0.15) is 15.2 Å². The Bertz CT molecular complexity index is 587. The van der Waals surface area contributed by atoms with Gasteiger partial charge in [-0.1, -0.05) is 11.6 Å². The molecule has 18 heavy (non-hydrogen) atoms. The lowest BCUT2D eigenvalue weighted by molar-refractivity contribution is 0.0951. The minimum Gasteiger partial charge on any atom is -0.347 e. The molecule has 0 aliphatic carbocycles. The van der Waals surface area contributed by atoms with Crippen LogP contribution < -0.4 is 5.32 Å². The molecule has 1 N–H and O–H groups in total. The first kappa shape index (κ1) is 13.5. The van der Waals surface area contributed by atoms with Gasteiger partial charge in [-0.3, -0.25) is 4.79 Å². The van der Waals surface area contributed by atoms with Crippen molar-refractivity contribution in [2.24, 2.45) is 0 Å². The van der Waals surface area contributed by atoms with Crippen LogP contribution in [-0.4, -0.2) is 5.91 Å². The van der Waals surface area contributed by atoms with Gasteiger partial charge < -0.3 is 5.32 Å². The van der Waals surface area contributed by atoms with E-state index in [1.54, 1.807) is 11.3 Å². The van der Waals surface area contributed by atoms with E-state index in [1.165, 1.54) is 18.2 Å². The molecule has 2 aromatic rings. The van der Waals surface area contributed by atoms with Crippen molar-refractivity contribution in [2.75, 3.05) is 0 Å². The summed E-state index contributed by atoms with van der Waals surface area (Å²) in [6.45, 7) is 0.435. The fourth-order valence-electron chi connectivity index (χ4n) is 1.35. The standard InChI is InChI=1S/C12H8BrClFNOS/c13-8-4-9(18-6-8)5-16-12(17)7-1-2-11(15)10(14)3-7/h1-4,6H,5H2,(H,16,17). The SMILES string of the molecule is O=C(NCc1cc(Br)cs1)c1ccc(F)c(Cl)c1. The Labute approximate surface area is 121 Å². The minimum atomic E-state index is -0.532. The number of carbonyl (C=O) groups is 1. The molecule has 0 spiro atoms. The summed E-state index contributed by atoms with van der Waals surface area (Å²) in [6, 6.07) is 5.83. The largest absolute Gasteiger partial charge is 0.347 e. The Balaban J connectivity index is 2.01. The zero-order chi connectivity index (χ0) is 13.1. The second-order valence-electron chi connectivity index (χ2n) is 3.54. The summed E-state index contributed by atoms with van der Waals surface area (Å²) in [6.07, 6.45) is 0. The Hall–Kier alpha value is -0.910. The van der Waals surface area contributed by atoms with Gasteiger partial charge in [0, 0.05) is 20.3 Å². The molecule has 94 valence electrons. The molecule has 2 rings (SSSR count). The number of carbonyl (C=O) groups excluding carboxylic acids is 1. The maximum atomic E-state index is 12.9. The van der Waals surface area contributed by atoms with E-state index in [9.17, 15) is 9.18 Å². The van der Waals surface area contributed by atoms with Crippen molar-refractivity contribution in [3.8, 4) is 0 Å². The first-order valence-corrected chi connectivity index (χ1v) is 7.07.